The molecule has 6 heteroatoms. The quantitative estimate of drug-likeness (QED) is 0.387. The van der Waals surface area contributed by atoms with Crippen LogP contribution in [0.15, 0.2) is 0 Å². The highest BCUT2D eigenvalue weighted by Crippen LogP contribution is 2.48. The summed E-state index contributed by atoms with van der Waals surface area (Å²) in [4.78, 5) is 33.7. The Bertz CT molecular complexity index is 350. The van der Waals surface area contributed by atoms with Gasteiger partial charge in [0.2, 0.25) is 0 Å². The van der Waals surface area contributed by atoms with Crippen LogP contribution in [0.25, 0.3) is 0 Å². The average Bonchev–Trinajstić information content (AvgIpc) is 2.51. The minimum absolute atomic E-state index is 0.352. The number of hydrogen-bond donors (Lipinski definition) is 2. The zero-order chi connectivity index (χ0) is 14.1. The van der Waals surface area contributed by atoms with Gasteiger partial charge < -0.3 is 24.5 Å². The fourth-order valence-electron chi connectivity index (χ4n) is 2.70. The van der Waals surface area contributed by atoms with Gasteiger partial charge in [0.1, 0.15) is 18.5 Å². The second-order valence-electron chi connectivity index (χ2n) is 5.18. The molecule has 0 aromatic carbocycles. The number of carbonyl (C=O) groups is 3. The van der Waals surface area contributed by atoms with Gasteiger partial charge in [0.15, 0.2) is 0 Å². The maximum Gasteiger partial charge on any atom is 0.316 e. The van der Waals surface area contributed by atoms with Crippen LogP contribution in [0.5, 0.6) is 0 Å². The molecule has 1 rings (SSSR count). The number of esters is 1. The number of carbonyl (C=O) groups excluding carboxylic acids is 3. The molecule has 0 heterocycles. The maximum atomic E-state index is 11.5. The minimum atomic E-state index is -1.32. The molecule has 2 N–H and O–H groups in total. The Morgan fingerprint density at radius 3 is 2.28 bits per heavy atom. The van der Waals surface area contributed by atoms with Gasteiger partial charge in [-0.3, -0.25) is 4.79 Å². The van der Waals surface area contributed by atoms with Crippen molar-refractivity contribution in [2.45, 2.75) is 26.1 Å². The van der Waals surface area contributed by atoms with Gasteiger partial charge in [-0.05, 0) is 0 Å². The number of methoxy groups -OCH3 is 1. The molecule has 1 aliphatic rings. The van der Waals surface area contributed by atoms with Crippen molar-refractivity contribution in [1.29, 1.82) is 0 Å². The van der Waals surface area contributed by atoms with Gasteiger partial charge in [0.05, 0.1) is 19.3 Å². The molecule has 0 spiro atoms. The second-order valence-corrected chi connectivity index (χ2v) is 5.18. The summed E-state index contributed by atoms with van der Waals surface area (Å²) in [6.07, 6.45) is -1.57. The first kappa shape index (κ1) is 14.8. The van der Waals surface area contributed by atoms with Gasteiger partial charge in [-0.25, -0.2) is 0 Å². The molecule has 0 aromatic rings. The van der Waals surface area contributed by atoms with Crippen molar-refractivity contribution in [3.8, 4) is 0 Å². The van der Waals surface area contributed by atoms with Crippen LogP contribution in [0, 0.1) is 23.2 Å². The Balaban J connectivity index is 3.16. The van der Waals surface area contributed by atoms with E-state index in [0.29, 0.717) is 12.6 Å². The summed E-state index contributed by atoms with van der Waals surface area (Å²) in [5, 5.41) is 19.9. The zero-order valence-electron chi connectivity index (χ0n) is 10.6. The Kier molecular flexibility index (Phi) is 4.24. The maximum absolute atomic E-state index is 11.5. The Morgan fingerprint density at radius 2 is 1.89 bits per heavy atom. The SMILES string of the molecule is COC(=O)C(C=O)[C@H]1[C@H](O)[C@H](O)C(C)(C)[C@H]1C=O. The summed E-state index contributed by atoms with van der Waals surface area (Å²) in [6, 6.07) is 0. The van der Waals surface area contributed by atoms with Crippen LogP contribution in [-0.2, 0) is 19.1 Å². The van der Waals surface area contributed by atoms with E-state index in [1.54, 1.807) is 13.8 Å². The van der Waals surface area contributed by atoms with E-state index < -0.39 is 41.3 Å². The number of aliphatic hydroxyl groups excluding tert-OH is 2. The number of aliphatic hydroxyl groups is 2. The first-order valence-electron chi connectivity index (χ1n) is 5.67. The molecular weight excluding hydrogens is 240 g/mol. The molecule has 102 valence electrons. The third-order valence-corrected chi connectivity index (χ3v) is 3.94. The van der Waals surface area contributed by atoms with E-state index in [1.807, 2.05) is 0 Å². The summed E-state index contributed by atoms with van der Waals surface area (Å²) in [5.41, 5.74) is -0.902. The monoisotopic (exact) mass is 258 g/mol. The molecule has 6 nitrogen and oxygen atoms in total. The molecule has 0 aliphatic heterocycles. The summed E-state index contributed by atoms with van der Waals surface area (Å²) in [6.45, 7) is 3.22. The molecule has 0 amide bonds. The van der Waals surface area contributed by atoms with Crippen molar-refractivity contribution in [1.82, 2.24) is 0 Å². The number of rotatable bonds is 4. The summed E-state index contributed by atoms with van der Waals surface area (Å²) >= 11 is 0. The lowest BCUT2D eigenvalue weighted by molar-refractivity contribution is -0.151. The predicted octanol–water partition coefficient (Wildman–Crippen LogP) is -0.833. The Labute approximate surface area is 105 Å². The van der Waals surface area contributed by atoms with E-state index in [-0.39, 0.29) is 0 Å². The van der Waals surface area contributed by atoms with Crippen LogP contribution in [0.4, 0.5) is 0 Å². The average molecular weight is 258 g/mol. The van der Waals surface area contributed by atoms with Crippen LogP contribution in [-0.4, -0.2) is 48.1 Å². The van der Waals surface area contributed by atoms with E-state index in [4.69, 9.17) is 0 Å². The van der Waals surface area contributed by atoms with Crippen molar-refractivity contribution in [3.05, 3.63) is 0 Å². The lowest BCUT2D eigenvalue weighted by Gasteiger charge is -2.28. The number of aldehydes is 2. The van der Waals surface area contributed by atoms with Crippen LogP contribution in [0.3, 0.4) is 0 Å². The smallest absolute Gasteiger partial charge is 0.316 e. The third-order valence-electron chi connectivity index (χ3n) is 3.94. The van der Waals surface area contributed by atoms with Gasteiger partial charge in [-0.15, -0.1) is 0 Å². The van der Waals surface area contributed by atoms with Crippen molar-refractivity contribution >= 4 is 18.5 Å². The van der Waals surface area contributed by atoms with E-state index in [1.165, 1.54) is 0 Å². The van der Waals surface area contributed by atoms with E-state index >= 15 is 0 Å². The molecule has 0 saturated heterocycles. The second kappa shape index (κ2) is 5.16. The van der Waals surface area contributed by atoms with Crippen molar-refractivity contribution in [2.75, 3.05) is 7.11 Å². The molecule has 0 bridgehead atoms. The first-order valence-corrected chi connectivity index (χ1v) is 5.67. The van der Waals surface area contributed by atoms with Crippen molar-refractivity contribution in [3.63, 3.8) is 0 Å². The van der Waals surface area contributed by atoms with E-state index in [0.717, 1.165) is 7.11 Å². The Hall–Kier alpha value is -1.27. The zero-order valence-corrected chi connectivity index (χ0v) is 10.6. The molecule has 5 atom stereocenters. The van der Waals surface area contributed by atoms with Crippen LogP contribution < -0.4 is 0 Å². The third kappa shape index (κ3) is 2.06. The summed E-state index contributed by atoms with van der Waals surface area (Å²) in [7, 11) is 1.12. The fourth-order valence-corrected chi connectivity index (χ4v) is 2.70. The van der Waals surface area contributed by atoms with Crippen LogP contribution in [0.2, 0.25) is 0 Å². The van der Waals surface area contributed by atoms with Gasteiger partial charge in [0.25, 0.3) is 0 Å². The standard InChI is InChI=1S/C12H18O6/c1-12(2)7(5-14)8(9(15)10(12)16)6(4-13)11(17)18-3/h4-10,15-16H,1-3H3/t6?,7-,8+,9-,10-/m0/s1. The molecule has 18 heavy (non-hydrogen) atoms. The molecule has 1 unspecified atom stereocenters. The topological polar surface area (TPSA) is 101 Å². The highest BCUT2D eigenvalue weighted by molar-refractivity contribution is 5.88. The Morgan fingerprint density at radius 1 is 1.33 bits per heavy atom. The molecule has 0 aromatic heterocycles. The van der Waals surface area contributed by atoms with Crippen molar-refractivity contribution in [2.24, 2.45) is 23.2 Å². The molecule has 1 saturated carbocycles. The van der Waals surface area contributed by atoms with Crippen molar-refractivity contribution < 1.29 is 29.3 Å². The lowest BCUT2D eigenvalue weighted by Crippen LogP contribution is -2.37. The predicted molar refractivity (Wildman–Crippen MR) is 60.4 cm³/mol. The number of ether oxygens (including phenoxy) is 1. The van der Waals surface area contributed by atoms with Crippen LogP contribution in [0.1, 0.15) is 13.8 Å². The summed E-state index contributed by atoms with van der Waals surface area (Å²) < 4.78 is 4.48. The molecule has 0 radical (unpaired) electrons. The minimum Gasteiger partial charge on any atom is -0.468 e. The van der Waals surface area contributed by atoms with Gasteiger partial charge in [-0.2, -0.15) is 0 Å². The van der Waals surface area contributed by atoms with Gasteiger partial charge in [0, 0.05) is 17.3 Å². The fraction of sp³-hybridized carbons (Fsp3) is 0.750. The van der Waals surface area contributed by atoms with Gasteiger partial charge >= 0.3 is 5.97 Å². The first-order chi connectivity index (χ1) is 8.32. The number of hydrogen-bond acceptors (Lipinski definition) is 6. The highest BCUT2D eigenvalue weighted by Gasteiger charge is 2.58. The van der Waals surface area contributed by atoms with E-state index in [9.17, 15) is 24.6 Å². The normalized spacial score (nSPS) is 35.8. The van der Waals surface area contributed by atoms with Crippen LogP contribution >= 0.6 is 0 Å². The molecule has 1 aliphatic carbocycles. The largest absolute Gasteiger partial charge is 0.468 e. The summed E-state index contributed by atoms with van der Waals surface area (Å²) in [5.74, 6) is -3.82. The highest BCUT2D eigenvalue weighted by atomic mass is 16.5. The molecule has 1 fully saturated rings. The van der Waals surface area contributed by atoms with Gasteiger partial charge in [-0.1, -0.05) is 13.8 Å². The molecular formula is C12H18O6. The lowest BCUT2D eigenvalue weighted by atomic mass is 9.75. The van der Waals surface area contributed by atoms with E-state index in [2.05, 4.69) is 4.74 Å².